The maximum absolute atomic E-state index is 13.1. The fraction of sp³-hybridized carbons (Fsp3) is 0.524. The highest BCUT2D eigenvalue weighted by Gasteiger charge is 2.33. The molecule has 1 aliphatic rings. The second-order valence-corrected chi connectivity index (χ2v) is 8.05. The Morgan fingerprint density at radius 3 is 2.87 bits per heavy atom. The van der Waals surface area contributed by atoms with Gasteiger partial charge in [0.1, 0.15) is 18.7 Å². The van der Waals surface area contributed by atoms with Gasteiger partial charge >= 0.3 is 5.97 Å². The molecule has 0 unspecified atom stereocenters. The van der Waals surface area contributed by atoms with Crippen LogP contribution in [-0.4, -0.2) is 54.1 Å². The Balaban J connectivity index is 2.02. The van der Waals surface area contributed by atoms with Gasteiger partial charge in [0.2, 0.25) is 5.91 Å². The molecule has 1 heterocycles. The van der Waals surface area contributed by atoms with E-state index < -0.39 is 12.0 Å². The third-order valence-corrected chi connectivity index (χ3v) is 5.87. The molecule has 164 valence electrons. The average molecular weight is 436 g/mol. The number of hydrogen-bond acceptors (Lipinski definition) is 7. The van der Waals surface area contributed by atoms with Crippen molar-refractivity contribution in [2.24, 2.45) is 5.73 Å². The Morgan fingerprint density at radius 1 is 1.40 bits per heavy atom. The van der Waals surface area contributed by atoms with Crippen molar-refractivity contribution in [2.45, 2.75) is 56.2 Å². The number of carboxylic acids is 1. The van der Waals surface area contributed by atoms with Crippen LogP contribution in [0, 0.1) is 0 Å². The molecule has 1 aromatic rings. The quantitative estimate of drug-likeness (QED) is 0.259. The summed E-state index contributed by atoms with van der Waals surface area (Å²) in [5, 5.41) is 12.6. The van der Waals surface area contributed by atoms with Crippen LogP contribution in [0.2, 0.25) is 0 Å². The van der Waals surface area contributed by atoms with Gasteiger partial charge in [0.25, 0.3) is 0 Å². The van der Waals surface area contributed by atoms with Gasteiger partial charge in [-0.3, -0.25) is 19.8 Å². The number of carboxylic acid groups (broad SMARTS) is 1. The van der Waals surface area contributed by atoms with E-state index in [9.17, 15) is 19.5 Å². The van der Waals surface area contributed by atoms with Crippen molar-refractivity contribution in [1.82, 2.24) is 5.32 Å². The molecule has 9 heteroatoms. The van der Waals surface area contributed by atoms with Crippen molar-refractivity contribution in [2.75, 3.05) is 23.8 Å². The monoisotopic (exact) mass is 435 g/mol. The smallest absolute Gasteiger partial charge is 0.323 e. The standard InChI is InChI=1S/C21H29N3O5S/c1-2-29-19(11-5-3-4-8-15(22)13-25)23-16-14-30-18-10-7-6-9-17(18)24(21(16)28)12-20(26)27/h6-7,9-10,16,19,23H,2-5,8,11-12,14,22H2,1H3,(H,26,27)/t16-,19-/m0/s1. The van der Waals surface area contributed by atoms with Crippen LogP contribution in [0.25, 0.3) is 0 Å². The van der Waals surface area contributed by atoms with Gasteiger partial charge in [-0.15, -0.1) is 11.8 Å². The second-order valence-electron chi connectivity index (χ2n) is 6.99. The fourth-order valence-electron chi connectivity index (χ4n) is 3.28. The first-order valence-electron chi connectivity index (χ1n) is 10.1. The summed E-state index contributed by atoms with van der Waals surface area (Å²) in [7, 11) is 0. The van der Waals surface area contributed by atoms with Gasteiger partial charge in [-0.2, -0.15) is 0 Å². The highest BCUT2D eigenvalue weighted by Crippen LogP contribution is 2.34. The zero-order valence-electron chi connectivity index (χ0n) is 17.1. The number of benzene rings is 1. The van der Waals surface area contributed by atoms with Crippen molar-refractivity contribution < 1.29 is 24.2 Å². The van der Waals surface area contributed by atoms with Crippen LogP contribution in [0.3, 0.4) is 0 Å². The molecule has 0 spiro atoms. The molecule has 0 aliphatic carbocycles. The third kappa shape index (κ3) is 7.18. The van der Waals surface area contributed by atoms with E-state index in [-0.39, 0.29) is 24.4 Å². The van der Waals surface area contributed by atoms with Gasteiger partial charge in [0.05, 0.1) is 17.4 Å². The van der Waals surface area contributed by atoms with Crippen LogP contribution >= 0.6 is 11.8 Å². The molecule has 0 fully saturated rings. The second kappa shape index (κ2) is 12.4. The van der Waals surface area contributed by atoms with E-state index in [0.717, 1.165) is 24.2 Å². The molecule has 4 N–H and O–H groups in total. The maximum Gasteiger partial charge on any atom is 0.323 e. The summed E-state index contributed by atoms with van der Waals surface area (Å²) in [6, 6.07) is 6.77. The van der Waals surface area contributed by atoms with Crippen molar-refractivity contribution in [3.05, 3.63) is 30.0 Å². The summed E-state index contributed by atoms with van der Waals surface area (Å²) in [5.74, 6) is 0.843. The number of rotatable bonds is 12. The van der Waals surface area contributed by atoms with Gasteiger partial charge < -0.3 is 15.6 Å². The number of allylic oxidation sites excluding steroid dienone is 1. The summed E-state index contributed by atoms with van der Waals surface area (Å²) >= 11 is 1.52. The van der Waals surface area contributed by atoms with Crippen LogP contribution in [-0.2, 0) is 19.1 Å². The number of thioether (sulfide) groups is 1. The van der Waals surface area contributed by atoms with E-state index >= 15 is 0 Å². The van der Waals surface area contributed by atoms with E-state index in [1.165, 1.54) is 16.7 Å². The molecule has 0 saturated carbocycles. The lowest BCUT2D eigenvalue weighted by molar-refractivity contribution is -0.137. The third-order valence-electron chi connectivity index (χ3n) is 4.72. The molecular formula is C21H29N3O5S. The van der Waals surface area contributed by atoms with Gasteiger partial charge in [-0.05, 0) is 44.7 Å². The van der Waals surface area contributed by atoms with E-state index in [4.69, 9.17) is 10.5 Å². The number of carbonyl (C=O) groups excluding carboxylic acids is 2. The van der Waals surface area contributed by atoms with Crippen molar-refractivity contribution in [1.29, 1.82) is 0 Å². The minimum atomic E-state index is -1.06. The number of nitrogens with two attached hydrogens (primary N) is 1. The Morgan fingerprint density at radius 2 is 2.17 bits per heavy atom. The zero-order valence-corrected chi connectivity index (χ0v) is 18.0. The Bertz CT molecular complexity index is 782. The number of ether oxygens (including phenoxy) is 1. The first kappa shape index (κ1) is 24.0. The minimum absolute atomic E-state index is 0.230. The van der Waals surface area contributed by atoms with Crippen molar-refractivity contribution in [3.63, 3.8) is 0 Å². The van der Waals surface area contributed by atoms with Crippen LogP contribution < -0.4 is 16.0 Å². The van der Waals surface area contributed by atoms with Crippen molar-refractivity contribution >= 4 is 35.3 Å². The first-order valence-corrected chi connectivity index (χ1v) is 11.1. The highest BCUT2D eigenvalue weighted by molar-refractivity contribution is 7.99. The number of amides is 1. The Hall–Kier alpha value is -2.32. The predicted molar refractivity (Wildman–Crippen MR) is 116 cm³/mol. The lowest BCUT2D eigenvalue weighted by Crippen LogP contribution is -2.52. The number of carbonyl (C=O) groups is 2. The van der Waals surface area contributed by atoms with Crippen molar-refractivity contribution in [3.8, 4) is 0 Å². The lowest BCUT2D eigenvalue weighted by Gasteiger charge is -2.27. The molecule has 0 radical (unpaired) electrons. The molecule has 0 saturated heterocycles. The number of para-hydroxylation sites is 1. The zero-order chi connectivity index (χ0) is 21.9. The van der Waals surface area contributed by atoms with Gasteiger partial charge in [0, 0.05) is 17.3 Å². The first-order chi connectivity index (χ1) is 14.5. The van der Waals surface area contributed by atoms with Crippen LogP contribution in [0.4, 0.5) is 5.69 Å². The van der Waals surface area contributed by atoms with Gasteiger partial charge in [0.15, 0.2) is 0 Å². The molecule has 2 atom stereocenters. The SMILES string of the molecule is CCO[C@@H](CCCCCC(N)=C=O)N[C@H]1CSc2ccccc2N(CC(=O)O)C1=O. The summed E-state index contributed by atoms with van der Waals surface area (Å²) in [5.41, 5.74) is 6.32. The Labute approximate surface area is 180 Å². The summed E-state index contributed by atoms with van der Waals surface area (Å²) in [6.45, 7) is 1.99. The molecule has 1 aromatic carbocycles. The predicted octanol–water partition coefficient (Wildman–Crippen LogP) is 2.16. The Kier molecular flexibility index (Phi) is 9.89. The fourth-order valence-corrected chi connectivity index (χ4v) is 4.37. The number of hydrogen-bond donors (Lipinski definition) is 3. The normalized spacial score (nSPS) is 17.0. The van der Waals surface area contributed by atoms with E-state index in [1.54, 1.807) is 18.1 Å². The average Bonchev–Trinajstić information content (AvgIpc) is 2.85. The molecule has 0 bridgehead atoms. The number of unbranched alkanes of at least 4 members (excludes halogenated alkanes) is 2. The number of nitrogens with zero attached hydrogens (tertiary/aromatic N) is 1. The highest BCUT2D eigenvalue weighted by atomic mass is 32.2. The van der Waals surface area contributed by atoms with Gasteiger partial charge in [-0.1, -0.05) is 18.6 Å². The molecule has 30 heavy (non-hydrogen) atoms. The largest absolute Gasteiger partial charge is 0.480 e. The van der Waals surface area contributed by atoms with Crippen LogP contribution in [0.1, 0.15) is 39.0 Å². The number of nitrogens with one attached hydrogen (secondary N) is 1. The topological polar surface area (TPSA) is 122 Å². The molecule has 8 nitrogen and oxygen atoms in total. The number of anilines is 1. The number of aliphatic carboxylic acids is 1. The molecular weight excluding hydrogens is 406 g/mol. The van der Waals surface area contributed by atoms with Crippen LogP contribution in [0.15, 0.2) is 34.9 Å². The van der Waals surface area contributed by atoms with E-state index in [1.807, 2.05) is 19.1 Å². The minimum Gasteiger partial charge on any atom is -0.480 e. The molecule has 0 aromatic heterocycles. The molecule has 2 rings (SSSR count). The van der Waals surface area contributed by atoms with E-state index in [0.29, 0.717) is 30.9 Å². The van der Waals surface area contributed by atoms with E-state index in [2.05, 4.69) is 5.32 Å². The molecule has 1 amide bonds. The van der Waals surface area contributed by atoms with Gasteiger partial charge in [-0.25, -0.2) is 4.79 Å². The summed E-state index contributed by atoms with van der Waals surface area (Å²) < 4.78 is 5.78. The van der Waals surface area contributed by atoms with Crippen LogP contribution in [0.5, 0.6) is 0 Å². The lowest BCUT2D eigenvalue weighted by atomic mass is 10.1. The number of fused-ring (bicyclic) bond motifs is 1. The maximum atomic E-state index is 13.1. The molecule has 1 aliphatic heterocycles. The summed E-state index contributed by atoms with van der Waals surface area (Å²) in [4.78, 5) is 37.1. The summed E-state index contributed by atoms with van der Waals surface area (Å²) in [6.07, 6.45) is 3.40.